The summed E-state index contributed by atoms with van der Waals surface area (Å²) < 4.78 is 10.8. The molecule has 0 unspecified atom stereocenters. The van der Waals surface area contributed by atoms with E-state index < -0.39 is 0 Å². The summed E-state index contributed by atoms with van der Waals surface area (Å²) in [5, 5.41) is 0. The Morgan fingerprint density at radius 3 is 2.69 bits per heavy atom. The number of benzene rings is 1. The molecule has 0 aliphatic carbocycles. The van der Waals surface area contributed by atoms with E-state index in [0.717, 1.165) is 17.1 Å². The van der Waals surface area contributed by atoms with E-state index in [1.165, 1.54) is 5.57 Å². The molecule has 0 amide bonds. The Kier molecular flexibility index (Phi) is 2.73. The maximum absolute atomic E-state index is 5.60. The Labute approximate surface area is 96.2 Å². The molecular formula is C14H16O2. The fourth-order valence-corrected chi connectivity index (χ4v) is 1.85. The quantitative estimate of drug-likeness (QED) is 0.751. The fourth-order valence-electron chi connectivity index (χ4n) is 1.85. The molecule has 1 aromatic carbocycles. The average Bonchev–Trinajstić information content (AvgIpc) is 2.26. The average molecular weight is 216 g/mol. The lowest BCUT2D eigenvalue weighted by atomic mass is 9.92. The molecule has 0 N–H and O–H groups in total. The van der Waals surface area contributed by atoms with E-state index in [-0.39, 0.29) is 0 Å². The van der Waals surface area contributed by atoms with Crippen molar-refractivity contribution < 1.29 is 9.47 Å². The van der Waals surface area contributed by atoms with Crippen molar-refractivity contribution in [1.29, 1.82) is 0 Å². The van der Waals surface area contributed by atoms with Gasteiger partial charge in [-0.25, -0.2) is 0 Å². The molecule has 1 aliphatic heterocycles. The highest BCUT2D eigenvalue weighted by molar-refractivity contribution is 5.76. The molecule has 0 radical (unpaired) electrons. The molecule has 1 heterocycles. The number of allylic oxidation sites excluding steroid dienone is 2. The molecule has 2 rings (SSSR count). The van der Waals surface area contributed by atoms with Crippen LogP contribution in [0.2, 0.25) is 0 Å². The SMILES string of the molecule is C=C1C=C(C(C)C)c2ccc(OC)cc2O1. The smallest absolute Gasteiger partial charge is 0.138 e. The second-order valence-electron chi connectivity index (χ2n) is 4.18. The van der Waals surface area contributed by atoms with Crippen molar-refractivity contribution in [2.45, 2.75) is 13.8 Å². The first-order valence-corrected chi connectivity index (χ1v) is 5.38. The third kappa shape index (κ3) is 1.83. The number of methoxy groups -OCH3 is 1. The van der Waals surface area contributed by atoms with Gasteiger partial charge in [-0.1, -0.05) is 20.4 Å². The lowest BCUT2D eigenvalue weighted by Crippen LogP contribution is -2.06. The fraction of sp³-hybridized carbons (Fsp3) is 0.286. The van der Waals surface area contributed by atoms with Crippen LogP contribution in [-0.2, 0) is 0 Å². The van der Waals surface area contributed by atoms with Gasteiger partial charge in [0.2, 0.25) is 0 Å². The summed E-state index contributed by atoms with van der Waals surface area (Å²) in [5.74, 6) is 2.77. The second kappa shape index (κ2) is 4.05. The van der Waals surface area contributed by atoms with Crippen molar-refractivity contribution in [2.24, 2.45) is 5.92 Å². The number of ether oxygens (including phenoxy) is 2. The van der Waals surface area contributed by atoms with Crippen molar-refractivity contribution in [3.05, 3.63) is 42.2 Å². The zero-order valence-corrected chi connectivity index (χ0v) is 9.91. The second-order valence-corrected chi connectivity index (χ2v) is 4.18. The summed E-state index contributed by atoms with van der Waals surface area (Å²) in [5.41, 5.74) is 2.39. The Balaban J connectivity index is 2.52. The van der Waals surface area contributed by atoms with Crippen molar-refractivity contribution in [2.75, 3.05) is 7.11 Å². The molecule has 84 valence electrons. The lowest BCUT2D eigenvalue weighted by molar-refractivity contribution is 0.402. The minimum absolute atomic E-state index is 0.452. The first-order valence-electron chi connectivity index (χ1n) is 5.38. The van der Waals surface area contributed by atoms with Crippen LogP contribution in [0.5, 0.6) is 11.5 Å². The summed E-state index contributed by atoms with van der Waals surface area (Å²) in [6.07, 6.45) is 2.00. The van der Waals surface area contributed by atoms with Crippen LogP contribution in [0.25, 0.3) is 5.57 Å². The number of hydrogen-bond donors (Lipinski definition) is 0. The molecule has 0 bridgehead atoms. The molecule has 16 heavy (non-hydrogen) atoms. The Morgan fingerprint density at radius 1 is 1.31 bits per heavy atom. The molecule has 0 fully saturated rings. The monoisotopic (exact) mass is 216 g/mol. The van der Waals surface area contributed by atoms with Gasteiger partial charge in [0.1, 0.15) is 17.3 Å². The predicted octanol–water partition coefficient (Wildman–Crippen LogP) is 3.64. The van der Waals surface area contributed by atoms with Crippen LogP contribution in [0, 0.1) is 5.92 Å². The van der Waals surface area contributed by atoms with Gasteiger partial charge in [0, 0.05) is 11.6 Å². The van der Waals surface area contributed by atoms with Crippen LogP contribution < -0.4 is 9.47 Å². The van der Waals surface area contributed by atoms with E-state index in [4.69, 9.17) is 9.47 Å². The minimum Gasteiger partial charge on any atom is -0.497 e. The third-order valence-electron chi connectivity index (χ3n) is 2.68. The summed E-state index contributed by atoms with van der Waals surface area (Å²) in [6.45, 7) is 8.19. The predicted molar refractivity (Wildman–Crippen MR) is 65.6 cm³/mol. The first-order chi connectivity index (χ1) is 7.61. The van der Waals surface area contributed by atoms with Crippen LogP contribution in [0.4, 0.5) is 0 Å². The highest BCUT2D eigenvalue weighted by Crippen LogP contribution is 2.38. The van der Waals surface area contributed by atoms with E-state index in [1.807, 2.05) is 24.3 Å². The summed E-state index contributed by atoms with van der Waals surface area (Å²) >= 11 is 0. The standard InChI is InChI=1S/C14H16O2/c1-9(2)13-7-10(3)16-14-8-11(15-4)5-6-12(13)14/h5-9H,3H2,1-2,4H3. The van der Waals surface area contributed by atoms with E-state index in [1.54, 1.807) is 7.11 Å². The lowest BCUT2D eigenvalue weighted by Gasteiger charge is -2.22. The van der Waals surface area contributed by atoms with Gasteiger partial charge in [-0.15, -0.1) is 0 Å². The molecule has 1 aliphatic rings. The van der Waals surface area contributed by atoms with Gasteiger partial charge in [-0.2, -0.15) is 0 Å². The molecule has 2 heteroatoms. The number of fused-ring (bicyclic) bond motifs is 1. The minimum atomic E-state index is 0.452. The van der Waals surface area contributed by atoms with Gasteiger partial charge in [0.25, 0.3) is 0 Å². The number of rotatable bonds is 2. The summed E-state index contributed by atoms with van der Waals surface area (Å²) in [6, 6.07) is 5.88. The van der Waals surface area contributed by atoms with Gasteiger partial charge >= 0.3 is 0 Å². The Bertz CT molecular complexity index is 456. The third-order valence-corrected chi connectivity index (χ3v) is 2.68. The zero-order valence-electron chi connectivity index (χ0n) is 9.91. The molecule has 0 aromatic heterocycles. The normalized spacial score (nSPS) is 14.2. The van der Waals surface area contributed by atoms with Gasteiger partial charge in [0.15, 0.2) is 0 Å². The largest absolute Gasteiger partial charge is 0.497 e. The molecule has 2 nitrogen and oxygen atoms in total. The van der Waals surface area contributed by atoms with Crippen LogP contribution >= 0.6 is 0 Å². The van der Waals surface area contributed by atoms with Gasteiger partial charge < -0.3 is 9.47 Å². The van der Waals surface area contributed by atoms with Gasteiger partial charge in [-0.3, -0.25) is 0 Å². The van der Waals surface area contributed by atoms with Crippen molar-refractivity contribution in [3.63, 3.8) is 0 Å². The molecular weight excluding hydrogens is 200 g/mol. The van der Waals surface area contributed by atoms with Crippen LogP contribution in [0.15, 0.2) is 36.6 Å². The van der Waals surface area contributed by atoms with Crippen LogP contribution in [0.1, 0.15) is 19.4 Å². The van der Waals surface area contributed by atoms with Crippen LogP contribution in [0.3, 0.4) is 0 Å². The summed E-state index contributed by atoms with van der Waals surface area (Å²) in [4.78, 5) is 0. The van der Waals surface area contributed by atoms with E-state index in [0.29, 0.717) is 11.7 Å². The van der Waals surface area contributed by atoms with Gasteiger partial charge in [0.05, 0.1) is 7.11 Å². The van der Waals surface area contributed by atoms with Crippen molar-refractivity contribution in [3.8, 4) is 11.5 Å². The highest BCUT2D eigenvalue weighted by atomic mass is 16.5. The Morgan fingerprint density at radius 2 is 2.06 bits per heavy atom. The zero-order chi connectivity index (χ0) is 11.7. The van der Waals surface area contributed by atoms with E-state index in [2.05, 4.69) is 20.4 Å². The van der Waals surface area contributed by atoms with Gasteiger partial charge in [-0.05, 0) is 29.7 Å². The van der Waals surface area contributed by atoms with Crippen LogP contribution in [-0.4, -0.2) is 7.11 Å². The molecule has 1 aromatic rings. The topological polar surface area (TPSA) is 18.5 Å². The maximum atomic E-state index is 5.60. The number of hydrogen-bond acceptors (Lipinski definition) is 2. The molecule has 0 saturated carbocycles. The van der Waals surface area contributed by atoms with Crippen molar-refractivity contribution in [1.82, 2.24) is 0 Å². The van der Waals surface area contributed by atoms with E-state index in [9.17, 15) is 0 Å². The molecule has 0 saturated heterocycles. The van der Waals surface area contributed by atoms with Crippen molar-refractivity contribution >= 4 is 5.57 Å². The highest BCUT2D eigenvalue weighted by Gasteiger charge is 2.18. The maximum Gasteiger partial charge on any atom is 0.138 e. The summed E-state index contributed by atoms with van der Waals surface area (Å²) in [7, 11) is 1.65. The molecule has 0 atom stereocenters. The first kappa shape index (κ1) is 10.8. The molecule has 0 spiro atoms. The Hall–Kier alpha value is -1.70. The van der Waals surface area contributed by atoms with E-state index >= 15 is 0 Å².